The molecule has 0 radical (unpaired) electrons. The minimum atomic E-state index is -1.31. The van der Waals surface area contributed by atoms with Gasteiger partial charge in [-0.1, -0.05) is 78.0 Å². The molecule has 0 saturated heterocycles. The summed E-state index contributed by atoms with van der Waals surface area (Å²) in [6.07, 6.45) is -1.59. The Bertz CT molecular complexity index is 1480. The van der Waals surface area contributed by atoms with Crippen LogP contribution in [0.15, 0.2) is 89.5 Å². The number of nitrogens with zero attached hydrogens (tertiary/aromatic N) is 2. The van der Waals surface area contributed by atoms with Crippen LogP contribution in [0.1, 0.15) is 64.1 Å². The molecule has 12 heteroatoms. The molecule has 3 amide bonds. The largest absolute Gasteiger partial charge is 0.465 e. The third-order valence-corrected chi connectivity index (χ3v) is 6.73. The summed E-state index contributed by atoms with van der Waals surface area (Å²) < 4.78 is 10.7. The molecule has 44 heavy (non-hydrogen) atoms. The van der Waals surface area contributed by atoms with Crippen LogP contribution in [0.4, 0.5) is 9.59 Å². The second kappa shape index (κ2) is 16.4. The smallest absolute Gasteiger partial charge is 0.407 e. The number of ether oxygens (including phenoxy) is 1. The maximum absolute atomic E-state index is 12.5. The molecule has 3 aromatic carbocycles. The Kier molecular flexibility index (Phi) is 11.8. The molecule has 12 nitrogen and oxygen atoms in total. The van der Waals surface area contributed by atoms with Crippen molar-refractivity contribution in [2.45, 2.75) is 51.0 Å². The number of aliphatic hydroxyl groups excluding tert-OH is 1. The molecule has 0 aliphatic heterocycles. The van der Waals surface area contributed by atoms with Gasteiger partial charge in [-0.3, -0.25) is 4.79 Å². The van der Waals surface area contributed by atoms with Crippen LogP contribution in [0.2, 0.25) is 0 Å². The first kappa shape index (κ1) is 31.7. The van der Waals surface area contributed by atoms with Crippen molar-refractivity contribution in [2.75, 3.05) is 6.54 Å². The molecule has 0 aliphatic rings. The number of benzene rings is 3. The van der Waals surface area contributed by atoms with E-state index in [-0.39, 0.29) is 37.2 Å². The summed E-state index contributed by atoms with van der Waals surface area (Å²) in [5, 5.41) is 31.6. The Hall–Kier alpha value is -5.23. The van der Waals surface area contributed by atoms with Crippen molar-refractivity contribution in [3.8, 4) is 0 Å². The van der Waals surface area contributed by atoms with Crippen molar-refractivity contribution in [1.82, 2.24) is 26.1 Å². The Balaban J connectivity index is 1.33. The van der Waals surface area contributed by atoms with E-state index in [9.17, 15) is 19.5 Å². The number of unbranched alkanes of at least 4 members (excludes halogenated alkanes) is 1. The van der Waals surface area contributed by atoms with Gasteiger partial charge in [0.05, 0.1) is 12.5 Å². The number of hydrogen-bond acceptors (Lipinski definition) is 8. The van der Waals surface area contributed by atoms with Crippen molar-refractivity contribution in [2.24, 2.45) is 0 Å². The molecular formula is C32H35N5O7. The van der Waals surface area contributed by atoms with E-state index >= 15 is 0 Å². The fraction of sp³-hybridized carbons (Fsp3) is 0.281. The lowest BCUT2D eigenvalue weighted by atomic mass is 10.0. The highest BCUT2D eigenvalue weighted by atomic mass is 16.5. The summed E-state index contributed by atoms with van der Waals surface area (Å²) in [5.41, 5.74) is 3.14. The molecule has 0 spiro atoms. The Labute approximate surface area is 254 Å². The van der Waals surface area contributed by atoms with Crippen LogP contribution >= 0.6 is 0 Å². The third-order valence-electron chi connectivity index (χ3n) is 6.73. The van der Waals surface area contributed by atoms with E-state index in [4.69, 9.17) is 14.4 Å². The number of nitrogens with one attached hydrogen (secondary N) is 3. The normalized spacial score (nSPS) is 12.1. The van der Waals surface area contributed by atoms with Crippen molar-refractivity contribution >= 4 is 18.1 Å². The number of hydrogen-bond donors (Lipinski definition) is 5. The predicted molar refractivity (Wildman–Crippen MR) is 160 cm³/mol. The van der Waals surface area contributed by atoms with Gasteiger partial charge in [-0.25, -0.2) is 9.59 Å². The summed E-state index contributed by atoms with van der Waals surface area (Å²) >= 11 is 0. The van der Waals surface area contributed by atoms with Gasteiger partial charge in [-0.15, -0.1) is 0 Å². The first-order chi connectivity index (χ1) is 21.4. The average Bonchev–Trinajstić information content (AvgIpc) is 3.51. The number of alkyl carbamates (subject to hydrolysis) is 1. The second-order valence-electron chi connectivity index (χ2n) is 10.1. The number of aromatic nitrogens is 2. The Morgan fingerprint density at radius 1 is 0.841 bits per heavy atom. The maximum atomic E-state index is 12.5. The van der Waals surface area contributed by atoms with E-state index in [0.29, 0.717) is 31.4 Å². The molecule has 0 aliphatic carbocycles. The quantitative estimate of drug-likeness (QED) is 0.124. The summed E-state index contributed by atoms with van der Waals surface area (Å²) in [4.78, 5) is 40.1. The zero-order valence-corrected chi connectivity index (χ0v) is 24.0. The topological polar surface area (TPSA) is 176 Å². The van der Waals surface area contributed by atoms with Crippen LogP contribution in [0.3, 0.4) is 0 Å². The van der Waals surface area contributed by atoms with Gasteiger partial charge in [0.2, 0.25) is 11.7 Å². The Morgan fingerprint density at radius 3 is 2.20 bits per heavy atom. The molecule has 2 atom stereocenters. The number of amides is 3. The fourth-order valence-corrected chi connectivity index (χ4v) is 4.38. The van der Waals surface area contributed by atoms with E-state index in [1.54, 1.807) is 24.3 Å². The van der Waals surface area contributed by atoms with Gasteiger partial charge >= 0.3 is 12.2 Å². The minimum absolute atomic E-state index is 0.00562. The van der Waals surface area contributed by atoms with Crippen LogP contribution in [0.5, 0.6) is 0 Å². The van der Waals surface area contributed by atoms with E-state index < -0.39 is 24.3 Å². The van der Waals surface area contributed by atoms with Crippen LogP contribution in [0, 0.1) is 0 Å². The molecular weight excluding hydrogens is 566 g/mol. The zero-order valence-electron chi connectivity index (χ0n) is 24.0. The van der Waals surface area contributed by atoms with Crippen LogP contribution < -0.4 is 16.0 Å². The van der Waals surface area contributed by atoms with Crippen LogP contribution in [-0.4, -0.2) is 51.0 Å². The summed E-state index contributed by atoms with van der Waals surface area (Å²) in [5.74, 6) is 0.0495. The fourth-order valence-electron chi connectivity index (χ4n) is 4.38. The maximum Gasteiger partial charge on any atom is 0.407 e. The lowest BCUT2D eigenvalue weighted by molar-refractivity contribution is 0.0915. The molecule has 2 unspecified atom stereocenters. The lowest BCUT2D eigenvalue weighted by Gasteiger charge is -2.22. The van der Waals surface area contributed by atoms with Crippen LogP contribution in [0.25, 0.3) is 0 Å². The summed E-state index contributed by atoms with van der Waals surface area (Å²) in [7, 11) is 0. The van der Waals surface area contributed by atoms with E-state index in [1.165, 1.54) is 0 Å². The van der Waals surface area contributed by atoms with E-state index in [2.05, 4.69) is 26.1 Å². The summed E-state index contributed by atoms with van der Waals surface area (Å²) in [6, 6.07) is 25.0. The van der Waals surface area contributed by atoms with Gasteiger partial charge in [0.15, 0.2) is 0 Å². The number of aliphatic hydroxyl groups is 1. The average molecular weight is 602 g/mol. The van der Waals surface area contributed by atoms with Crippen molar-refractivity contribution in [1.29, 1.82) is 0 Å². The molecule has 230 valence electrons. The van der Waals surface area contributed by atoms with Crippen molar-refractivity contribution < 1.29 is 33.9 Å². The molecule has 0 saturated carbocycles. The number of carboxylic acid groups (broad SMARTS) is 1. The highest BCUT2D eigenvalue weighted by Gasteiger charge is 2.27. The molecule has 0 bridgehead atoms. The van der Waals surface area contributed by atoms with Crippen LogP contribution in [-0.2, 0) is 24.3 Å². The Morgan fingerprint density at radius 2 is 1.52 bits per heavy atom. The SMILES string of the molecule is O=C(O)NCCCCC(NC(=O)OCc1ccccc1)C(O)c1noc(Cc2ccc(C(=O)NCc3ccccc3)cc2)n1. The molecule has 4 aromatic rings. The number of carbonyl (C=O) groups excluding carboxylic acids is 2. The molecule has 4 rings (SSSR count). The standard InChI is InChI=1S/C32H35N5O7/c38-28(26(13-7-8-18-33-31(40)41)35-32(42)43-21-24-11-5-2-6-12-24)29-36-27(44-37-29)19-22-14-16-25(17-15-22)30(39)34-20-23-9-3-1-4-10-23/h1-6,9-12,14-17,26,28,33,38H,7-8,13,18-21H2,(H,34,39)(H,35,42)(H,40,41). The minimum Gasteiger partial charge on any atom is -0.465 e. The monoisotopic (exact) mass is 601 g/mol. The first-order valence-electron chi connectivity index (χ1n) is 14.2. The highest BCUT2D eigenvalue weighted by molar-refractivity contribution is 5.94. The third kappa shape index (κ3) is 10.2. The van der Waals surface area contributed by atoms with Gasteiger partial charge < -0.3 is 35.4 Å². The highest BCUT2D eigenvalue weighted by Crippen LogP contribution is 2.20. The molecule has 0 fully saturated rings. The zero-order chi connectivity index (χ0) is 31.1. The van der Waals surface area contributed by atoms with Gasteiger partial charge in [0, 0.05) is 18.7 Å². The summed E-state index contributed by atoms with van der Waals surface area (Å²) in [6.45, 7) is 0.711. The van der Waals surface area contributed by atoms with Gasteiger partial charge in [0.25, 0.3) is 5.91 Å². The number of rotatable bonds is 15. The van der Waals surface area contributed by atoms with Crippen molar-refractivity contribution in [3.63, 3.8) is 0 Å². The van der Waals surface area contributed by atoms with Gasteiger partial charge in [0.1, 0.15) is 12.7 Å². The predicted octanol–water partition coefficient (Wildman–Crippen LogP) is 4.36. The van der Waals surface area contributed by atoms with Crippen molar-refractivity contribution in [3.05, 3.63) is 119 Å². The first-order valence-corrected chi connectivity index (χ1v) is 14.2. The molecule has 5 N–H and O–H groups in total. The molecule has 1 aromatic heterocycles. The van der Waals surface area contributed by atoms with Gasteiger partial charge in [-0.05, 0) is 48.1 Å². The van der Waals surface area contributed by atoms with Gasteiger partial charge in [-0.2, -0.15) is 4.98 Å². The molecule has 1 heterocycles. The van der Waals surface area contributed by atoms with E-state index in [0.717, 1.165) is 16.7 Å². The second-order valence-corrected chi connectivity index (χ2v) is 10.1. The van der Waals surface area contributed by atoms with E-state index in [1.807, 2.05) is 60.7 Å². The number of carbonyl (C=O) groups is 3. The lowest BCUT2D eigenvalue weighted by Crippen LogP contribution is -2.40.